The number of benzene rings is 1. The van der Waals surface area contributed by atoms with Crippen molar-refractivity contribution in [2.24, 2.45) is 0 Å². The van der Waals surface area contributed by atoms with Crippen LogP contribution in [0.25, 0.3) is 0 Å². The molecule has 10 heteroatoms. The summed E-state index contributed by atoms with van der Waals surface area (Å²) in [7, 11) is 1.57. The van der Waals surface area contributed by atoms with Crippen LogP contribution in [0.2, 0.25) is 5.02 Å². The Hall–Kier alpha value is -1.97. The van der Waals surface area contributed by atoms with E-state index in [1.807, 2.05) is 4.90 Å². The summed E-state index contributed by atoms with van der Waals surface area (Å²) in [6.45, 7) is 0.898. The zero-order valence-corrected chi connectivity index (χ0v) is 17.5. The Balaban J connectivity index is 1.53. The molecule has 2 heterocycles. The third kappa shape index (κ3) is 5.09. The molecule has 1 aromatic heterocycles. The van der Waals surface area contributed by atoms with Gasteiger partial charge in [-0.05, 0) is 18.6 Å². The summed E-state index contributed by atoms with van der Waals surface area (Å²) in [5.74, 6) is 0.870. The number of methoxy groups -OCH3 is 1. The number of carbonyl (C=O) groups is 2. The minimum atomic E-state index is -1.04. The van der Waals surface area contributed by atoms with Crippen LogP contribution in [0, 0.1) is 0 Å². The second-order valence-corrected chi connectivity index (χ2v) is 8.65. The second kappa shape index (κ2) is 9.49. The van der Waals surface area contributed by atoms with Crippen molar-refractivity contribution in [1.29, 1.82) is 0 Å². The van der Waals surface area contributed by atoms with E-state index in [1.54, 1.807) is 25.3 Å². The van der Waals surface area contributed by atoms with Gasteiger partial charge in [0.05, 0.1) is 18.2 Å². The van der Waals surface area contributed by atoms with E-state index in [2.05, 4.69) is 4.98 Å². The van der Waals surface area contributed by atoms with E-state index in [4.69, 9.17) is 26.2 Å². The Kier molecular flexibility index (Phi) is 7.03. The zero-order valence-electron chi connectivity index (χ0n) is 15.1. The van der Waals surface area contributed by atoms with Crippen LogP contribution in [-0.2, 0) is 4.79 Å². The lowest BCUT2D eigenvalue weighted by Crippen LogP contribution is -2.38. The molecule has 1 amide bonds. The standard InChI is InChI=1S/C18H19ClN2O5S2/c1-25-12-3-4-13(19)15(8-12)26-9-11-2-5-16(22)21(11)6-7-27-18-20-14(10-28-18)17(23)24/h3-4,8,10-11H,2,5-7,9H2,1H3,(H,23,24). The molecule has 1 unspecified atom stereocenters. The zero-order chi connectivity index (χ0) is 20.1. The minimum Gasteiger partial charge on any atom is -0.497 e. The van der Waals surface area contributed by atoms with Crippen molar-refractivity contribution >= 4 is 46.6 Å². The normalized spacial score (nSPS) is 16.4. The molecule has 1 atom stereocenters. The van der Waals surface area contributed by atoms with Crippen LogP contribution in [-0.4, -0.2) is 58.9 Å². The maximum absolute atomic E-state index is 12.2. The lowest BCUT2D eigenvalue weighted by atomic mass is 10.2. The molecule has 1 fully saturated rings. The Morgan fingerprint density at radius 3 is 3.04 bits per heavy atom. The first kappa shape index (κ1) is 20.8. The summed E-state index contributed by atoms with van der Waals surface area (Å²) < 4.78 is 11.7. The number of carbonyl (C=O) groups excluding carboxylic acids is 1. The Bertz CT molecular complexity index is 860. The van der Waals surface area contributed by atoms with E-state index in [9.17, 15) is 9.59 Å². The van der Waals surface area contributed by atoms with Gasteiger partial charge >= 0.3 is 5.97 Å². The van der Waals surface area contributed by atoms with Gasteiger partial charge in [0.25, 0.3) is 0 Å². The highest BCUT2D eigenvalue weighted by Gasteiger charge is 2.31. The fourth-order valence-corrected chi connectivity index (χ4v) is 4.82. The van der Waals surface area contributed by atoms with Crippen molar-refractivity contribution in [3.8, 4) is 11.5 Å². The maximum atomic E-state index is 12.2. The third-order valence-corrected chi connectivity index (χ3v) is 6.60. The predicted molar refractivity (Wildman–Crippen MR) is 108 cm³/mol. The van der Waals surface area contributed by atoms with Gasteiger partial charge in [-0.25, -0.2) is 9.78 Å². The fraction of sp³-hybridized carbons (Fsp3) is 0.389. The van der Waals surface area contributed by atoms with Gasteiger partial charge in [-0.3, -0.25) is 4.79 Å². The van der Waals surface area contributed by atoms with Crippen molar-refractivity contribution in [2.75, 3.05) is 26.0 Å². The number of thioether (sulfide) groups is 1. The molecular weight excluding hydrogens is 424 g/mol. The number of halogens is 1. The highest BCUT2D eigenvalue weighted by molar-refractivity contribution is 8.01. The molecule has 0 bridgehead atoms. The number of carboxylic acid groups (broad SMARTS) is 1. The van der Waals surface area contributed by atoms with Crippen LogP contribution in [0.3, 0.4) is 0 Å². The molecule has 0 spiro atoms. The number of aromatic carboxylic acids is 1. The molecule has 0 aliphatic carbocycles. The van der Waals surface area contributed by atoms with Gasteiger partial charge in [-0.2, -0.15) is 0 Å². The smallest absolute Gasteiger partial charge is 0.355 e. The van der Waals surface area contributed by atoms with E-state index < -0.39 is 5.97 Å². The van der Waals surface area contributed by atoms with Gasteiger partial charge < -0.3 is 19.5 Å². The molecule has 7 nitrogen and oxygen atoms in total. The third-order valence-electron chi connectivity index (χ3n) is 4.28. The summed E-state index contributed by atoms with van der Waals surface area (Å²) in [5.41, 5.74) is 0.0474. The maximum Gasteiger partial charge on any atom is 0.355 e. The van der Waals surface area contributed by atoms with E-state index >= 15 is 0 Å². The molecule has 3 rings (SSSR count). The number of hydrogen-bond acceptors (Lipinski definition) is 7. The van der Waals surface area contributed by atoms with Gasteiger partial charge in [0.15, 0.2) is 10.0 Å². The van der Waals surface area contributed by atoms with Crippen LogP contribution >= 0.6 is 34.7 Å². The number of rotatable bonds is 9. The Morgan fingerprint density at radius 1 is 1.50 bits per heavy atom. The summed E-state index contributed by atoms with van der Waals surface area (Å²) in [6, 6.07) is 5.17. The molecule has 1 aliphatic heterocycles. The fourth-order valence-electron chi connectivity index (χ4n) is 2.83. The molecule has 1 aliphatic rings. The number of aromatic nitrogens is 1. The first-order chi connectivity index (χ1) is 13.5. The van der Waals surface area contributed by atoms with E-state index in [1.165, 1.54) is 28.5 Å². The monoisotopic (exact) mass is 442 g/mol. The van der Waals surface area contributed by atoms with Crippen LogP contribution in [0.15, 0.2) is 27.9 Å². The lowest BCUT2D eigenvalue weighted by molar-refractivity contribution is -0.129. The Morgan fingerprint density at radius 2 is 2.32 bits per heavy atom. The number of thiazole rings is 1. The number of likely N-dealkylation sites (tertiary alicyclic amines) is 1. The largest absolute Gasteiger partial charge is 0.497 e. The van der Waals surface area contributed by atoms with Gasteiger partial charge in [-0.1, -0.05) is 23.4 Å². The van der Waals surface area contributed by atoms with Crippen LogP contribution in [0.1, 0.15) is 23.3 Å². The first-order valence-corrected chi connectivity index (χ1v) is 10.8. The summed E-state index contributed by atoms with van der Waals surface area (Å²) in [5, 5.41) is 10.9. The van der Waals surface area contributed by atoms with Gasteiger partial charge in [0.2, 0.25) is 5.91 Å². The van der Waals surface area contributed by atoms with Gasteiger partial charge in [-0.15, -0.1) is 11.3 Å². The summed E-state index contributed by atoms with van der Waals surface area (Å²) >= 11 is 8.90. The summed E-state index contributed by atoms with van der Waals surface area (Å²) in [6.07, 6.45) is 1.22. The van der Waals surface area contributed by atoms with Crippen molar-refractivity contribution in [3.05, 3.63) is 34.3 Å². The minimum absolute atomic E-state index is 0.0266. The number of ether oxygens (including phenoxy) is 2. The van der Waals surface area contributed by atoms with E-state index in [0.29, 0.717) is 46.2 Å². The molecule has 0 radical (unpaired) electrons. The second-order valence-electron chi connectivity index (χ2n) is 6.04. The highest BCUT2D eigenvalue weighted by Crippen LogP contribution is 2.30. The number of nitrogens with zero attached hydrogens (tertiary/aromatic N) is 2. The molecule has 1 N–H and O–H groups in total. The molecule has 1 saturated heterocycles. The van der Waals surface area contributed by atoms with Crippen LogP contribution in [0.4, 0.5) is 0 Å². The van der Waals surface area contributed by atoms with Crippen molar-refractivity contribution < 1.29 is 24.2 Å². The number of amides is 1. The molecular formula is C18H19ClN2O5S2. The van der Waals surface area contributed by atoms with Crippen molar-refractivity contribution in [2.45, 2.75) is 23.2 Å². The highest BCUT2D eigenvalue weighted by atomic mass is 35.5. The van der Waals surface area contributed by atoms with Crippen molar-refractivity contribution in [1.82, 2.24) is 9.88 Å². The summed E-state index contributed by atoms with van der Waals surface area (Å²) in [4.78, 5) is 29.0. The average molecular weight is 443 g/mol. The number of hydrogen-bond donors (Lipinski definition) is 1. The molecule has 28 heavy (non-hydrogen) atoms. The van der Waals surface area contributed by atoms with Crippen LogP contribution in [0.5, 0.6) is 11.5 Å². The van der Waals surface area contributed by atoms with Gasteiger partial charge in [0, 0.05) is 30.2 Å². The molecule has 150 valence electrons. The van der Waals surface area contributed by atoms with Gasteiger partial charge in [0.1, 0.15) is 18.1 Å². The molecule has 1 aromatic carbocycles. The van der Waals surface area contributed by atoms with E-state index in [0.717, 1.165) is 6.42 Å². The van der Waals surface area contributed by atoms with Crippen LogP contribution < -0.4 is 9.47 Å². The lowest BCUT2D eigenvalue weighted by Gasteiger charge is -2.25. The molecule has 2 aromatic rings. The van der Waals surface area contributed by atoms with E-state index in [-0.39, 0.29) is 17.6 Å². The number of carboxylic acids is 1. The SMILES string of the molecule is COc1ccc(Cl)c(OCC2CCC(=O)N2CCSc2nc(C(=O)O)cs2)c1. The quantitative estimate of drug-likeness (QED) is 0.592. The molecule has 0 saturated carbocycles. The van der Waals surface area contributed by atoms with Crippen molar-refractivity contribution in [3.63, 3.8) is 0 Å². The first-order valence-electron chi connectivity index (χ1n) is 8.55. The topological polar surface area (TPSA) is 89.0 Å². The average Bonchev–Trinajstić information content (AvgIpc) is 3.29. The predicted octanol–water partition coefficient (Wildman–Crippen LogP) is 3.67. The Labute approximate surface area is 175 Å².